The first-order chi connectivity index (χ1) is 10.1. The van der Waals surface area contributed by atoms with Gasteiger partial charge in [0.25, 0.3) is 5.91 Å². The van der Waals surface area contributed by atoms with Crippen molar-refractivity contribution < 1.29 is 13.9 Å². The molecular weight excluding hydrogens is 386 g/mol. The Kier molecular flexibility index (Phi) is 5.38. The monoisotopic (exact) mass is 400 g/mol. The summed E-state index contributed by atoms with van der Waals surface area (Å²) in [5, 5.41) is 2.72. The number of nitrogens with two attached hydrogens (primary N) is 1. The molecule has 2 aromatic carbocycles. The van der Waals surface area contributed by atoms with Gasteiger partial charge in [-0.2, -0.15) is 0 Å². The minimum absolute atomic E-state index is 0.260. The van der Waals surface area contributed by atoms with Gasteiger partial charge in [0, 0.05) is 3.57 Å². The lowest BCUT2D eigenvalue weighted by atomic mass is 10.2. The van der Waals surface area contributed by atoms with Crippen LogP contribution in [0.5, 0.6) is 5.75 Å². The molecule has 0 aromatic heterocycles. The second kappa shape index (κ2) is 7.26. The number of nitrogen functional groups attached to an aromatic ring is 1. The molecule has 0 aliphatic rings. The third-order valence-electron chi connectivity index (χ3n) is 2.74. The summed E-state index contributed by atoms with van der Waals surface area (Å²) < 4.78 is 19.0. The highest BCUT2D eigenvalue weighted by molar-refractivity contribution is 14.1. The predicted molar refractivity (Wildman–Crippen MR) is 87.8 cm³/mol. The van der Waals surface area contributed by atoms with E-state index in [1.165, 1.54) is 18.2 Å². The molecule has 0 spiro atoms. The van der Waals surface area contributed by atoms with E-state index in [1.807, 2.05) is 34.7 Å². The molecule has 1 amide bonds. The summed E-state index contributed by atoms with van der Waals surface area (Å²) in [7, 11) is 0. The smallest absolute Gasteiger partial charge is 0.252 e. The average molecular weight is 400 g/mol. The van der Waals surface area contributed by atoms with E-state index in [1.54, 1.807) is 12.1 Å². The van der Waals surface area contributed by atoms with Crippen LogP contribution in [0.15, 0.2) is 42.5 Å². The van der Waals surface area contributed by atoms with Gasteiger partial charge in [-0.3, -0.25) is 4.79 Å². The number of rotatable bonds is 5. The van der Waals surface area contributed by atoms with E-state index in [4.69, 9.17) is 10.5 Å². The van der Waals surface area contributed by atoms with E-state index in [0.717, 1.165) is 0 Å². The molecule has 0 saturated carbocycles. The standard InChI is InChI=1S/C15H14FIN2O2/c16-10-5-6-11(12(17)9-10)15(20)19-7-8-21-14-4-2-1-3-13(14)18/h1-6,9H,7-8,18H2,(H,19,20). The minimum Gasteiger partial charge on any atom is -0.490 e. The van der Waals surface area contributed by atoms with Crippen LogP contribution < -0.4 is 15.8 Å². The van der Waals surface area contributed by atoms with Crippen LogP contribution >= 0.6 is 22.6 Å². The summed E-state index contributed by atoms with van der Waals surface area (Å²) in [6, 6.07) is 11.2. The maximum absolute atomic E-state index is 13.0. The normalized spacial score (nSPS) is 10.2. The van der Waals surface area contributed by atoms with Crippen LogP contribution in [-0.2, 0) is 0 Å². The Bertz CT molecular complexity index is 649. The molecule has 0 saturated heterocycles. The number of ether oxygens (including phenoxy) is 1. The van der Waals surface area contributed by atoms with Crippen LogP contribution in [0.4, 0.5) is 10.1 Å². The SMILES string of the molecule is Nc1ccccc1OCCNC(=O)c1ccc(F)cc1I. The fourth-order valence-electron chi connectivity index (χ4n) is 1.71. The lowest BCUT2D eigenvalue weighted by Crippen LogP contribution is -2.28. The average Bonchev–Trinajstić information content (AvgIpc) is 2.45. The number of carbonyl (C=O) groups excluding carboxylic acids is 1. The van der Waals surface area contributed by atoms with Crippen molar-refractivity contribution in [1.82, 2.24) is 5.32 Å². The number of para-hydroxylation sites is 2. The first-order valence-corrected chi connectivity index (χ1v) is 7.36. The maximum atomic E-state index is 13.0. The predicted octanol–water partition coefficient (Wildman–Crippen LogP) is 2.82. The summed E-state index contributed by atoms with van der Waals surface area (Å²) >= 11 is 1.93. The highest BCUT2D eigenvalue weighted by Gasteiger charge is 2.10. The van der Waals surface area contributed by atoms with Crippen molar-refractivity contribution in [3.63, 3.8) is 0 Å². The zero-order valence-electron chi connectivity index (χ0n) is 11.1. The number of benzene rings is 2. The Morgan fingerprint density at radius 2 is 2.05 bits per heavy atom. The summed E-state index contributed by atoms with van der Waals surface area (Å²) in [6.07, 6.45) is 0. The van der Waals surface area contributed by atoms with Gasteiger partial charge in [-0.25, -0.2) is 4.39 Å². The molecule has 0 aliphatic heterocycles. The van der Waals surface area contributed by atoms with Gasteiger partial charge >= 0.3 is 0 Å². The third kappa shape index (κ3) is 4.32. The van der Waals surface area contributed by atoms with Gasteiger partial charge in [-0.1, -0.05) is 12.1 Å². The second-order valence-electron chi connectivity index (χ2n) is 4.27. The highest BCUT2D eigenvalue weighted by atomic mass is 127. The van der Waals surface area contributed by atoms with Gasteiger partial charge in [0.2, 0.25) is 0 Å². The van der Waals surface area contributed by atoms with Gasteiger partial charge in [0.05, 0.1) is 17.8 Å². The molecule has 2 aromatic rings. The van der Waals surface area contributed by atoms with Crippen molar-refractivity contribution in [2.24, 2.45) is 0 Å². The molecule has 4 nitrogen and oxygen atoms in total. The largest absolute Gasteiger partial charge is 0.490 e. The maximum Gasteiger partial charge on any atom is 0.252 e. The molecule has 110 valence electrons. The van der Waals surface area contributed by atoms with Crippen LogP contribution in [0.3, 0.4) is 0 Å². The van der Waals surface area contributed by atoms with Crippen LogP contribution in [0.1, 0.15) is 10.4 Å². The highest BCUT2D eigenvalue weighted by Crippen LogP contribution is 2.19. The van der Waals surface area contributed by atoms with E-state index in [2.05, 4.69) is 5.32 Å². The molecule has 3 N–H and O–H groups in total. The molecule has 0 unspecified atom stereocenters. The van der Waals surface area contributed by atoms with Crippen molar-refractivity contribution >= 4 is 34.2 Å². The summed E-state index contributed by atoms with van der Waals surface area (Å²) in [5.74, 6) is -0.0361. The molecule has 0 atom stereocenters. The molecule has 0 heterocycles. The van der Waals surface area contributed by atoms with Crippen molar-refractivity contribution in [3.05, 3.63) is 57.4 Å². The first kappa shape index (κ1) is 15.6. The van der Waals surface area contributed by atoms with E-state index >= 15 is 0 Å². The third-order valence-corrected chi connectivity index (χ3v) is 3.63. The number of anilines is 1. The Morgan fingerprint density at radius 1 is 1.29 bits per heavy atom. The summed E-state index contributed by atoms with van der Waals surface area (Å²) in [4.78, 5) is 11.9. The first-order valence-electron chi connectivity index (χ1n) is 6.28. The van der Waals surface area contributed by atoms with Gasteiger partial charge in [0.1, 0.15) is 18.2 Å². The number of nitrogens with one attached hydrogen (secondary N) is 1. The van der Waals surface area contributed by atoms with Gasteiger partial charge < -0.3 is 15.8 Å². The van der Waals surface area contributed by atoms with E-state index in [-0.39, 0.29) is 11.7 Å². The number of hydrogen-bond acceptors (Lipinski definition) is 3. The Hall–Kier alpha value is -1.83. The number of amides is 1. The fraction of sp³-hybridized carbons (Fsp3) is 0.133. The number of carbonyl (C=O) groups is 1. The summed E-state index contributed by atoms with van der Waals surface area (Å²) in [6.45, 7) is 0.637. The lowest BCUT2D eigenvalue weighted by molar-refractivity contribution is 0.0946. The minimum atomic E-state index is -0.362. The second-order valence-corrected chi connectivity index (χ2v) is 5.43. The Balaban J connectivity index is 1.83. The Labute approximate surface area is 135 Å². The number of halogens is 2. The van der Waals surface area contributed by atoms with Crippen molar-refractivity contribution in [3.8, 4) is 5.75 Å². The molecular formula is C15H14FIN2O2. The van der Waals surface area contributed by atoms with Crippen molar-refractivity contribution in [1.29, 1.82) is 0 Å². The fourth-order valence-corrected chi connectivity index (χ4v) is 2.43. The van der Waals surface area contributed by atoms with E-state index < -0.39 is 0 Å². The molecule has 2 rings (SSSR count). The topological polar surface area (TPSA) is 64.3 Å². The van der Waals surface area contributed by atoms with Gasteiger partial charge in [-0.05, 0) is 52.9 Å². The molecule has 0 bridgehead atoms. The van der Waals surface area contributed by atoms with Crippen LogP contribution in [0, 0.1) is 9.39 Å². The van der Waals surface area contributed by atoms with Crippen LogP contribution in [-0.4, -0.2) is 19.1 Å². The molecule has 0 radical (unpaired) electrons. The molecule has 0 aliphatic carbocycles. The van der Waals surface area contributed by atoms with Crippen LogP contribution in [0.25, 0.3) is 0 Å². The lowest BCUT2D eigenvalue weighted by Gasteiger charge is -2.10. The van der Waals surface area contributed by atoms with Crippen molar-refractivity contribution in [2.45, 2.75) is 0 Å². The van der Waals surface area contributed by atoms with E-state index in [9.17, 15) is 9.18 Å². The van der Waals surface area contributed by atoms with Gasteiger partial charge in [-0.15, -0.1) is 0 Å². The zero-order chi connectivity index (χ0) is 15.2. The quantitative estimate of drug-likeness (QED) is 0.461. The Morgan fingerprint density at radius 3 is 2.76 bits per heavy atom. The molecule has 21 heavy (non-hydrogen) atoms. The van der Waals surface area contributed by atoms with Gasteiger partial charge in [0.15, 0.2) is 0 Å². The molecule has 0 fully saturated rings. The zero-order valence-corrected chi connectivity index (χ0v) is 13.3. The van der Waals surface area contributed by atoms with Crippen molar-refractivity contribution in [2.75, 3.05) is 18.9 Å². The number of hydrogen-bond donors (Lipinski definition) is 2. The summed E-state index contributed by atoms with van der Waals surface area (Å²) in [5.41, 5.74) is 6.73. The van der Waals surface area contributed by atoms with E-state index in [0.29, 0.717) is 33.7 Å². The van der Waals surface area contributed by atoms with Crippen LogP contribution in [0.2, 0.25) is 0 Å². The molecule has 6 heteroatoms.